The first kappa shape index (κ1) is 17.8. The summed E-state index contributed by atoms with van der Waals surface area (Å²) in [6, 6.07) is 10.5. The normalized spacial score (nSPS) is 19.3. The zero-order valence-electron chi connectivity index (χ0n) is 14.9. The highest BCUT2D eigenvalue weighted by atomic mass is 16.6. The summed E-state index contributed by atoms with van der Waals surface area (Å²) in [7, 11) is 0. The van der Waals surface area contributed by atoms with Gasteiger partial charge in [0.15, 0.2) is 0 Å². The van der Waals surface area contributed by atoms with Gasteiger partial charge in [0.25, 0.3) is 0 Å². The summed E-state index contributed by atoms with van der Waals surface area (Å²) in [5, 5.41) is 3.18. The number of nitrogens with one attached hydrogen (secondary N) is 1. The molecule has 0 aromatic heterocycles. The number of amides is 2. The van der Waals surface area contributed by atoms with Gasteiger partial charge in [0.05, 0.1) is 6.61 Å². The van der Waals surface area contributed by atoms with Gasteiger partial charge in [0.1, 0.15) is 0 Å². The summed E-state index contributed by atoms with van der Waals surface area (Å²) >= 11 is 0. The Bertz CT molecular complexity index is 578. The summed E-state index contributed by atoms with van der Waals surface area (Å²) < 4.78 is 5.03. The third-order valence-electron chi connectivity index (χ3n) is 5.21. The van der Waals surface area contributed by atoms with Crippen molar-refractivity contribution in [2.24, 2.45) is 5.92 Å². The minimum atomic E-state index is -0.245. The van der Waals surface area contributed by atoms with Gasteiger partial charge in [0, 0.05) is 25.6 Å². The molecule has 1 N–H and O–H groups in total. The summed E-state index contributed by atoms with van der Waals surface area (Å²) in [6.45, 7) is 3.51. The monoisotopic (exact) mass is 344 g/mol. The molecule has 5 nitrogen and oxygen atoms in total. The van der Waals surface area contributed by atoms with Crippen molar-refractivity contribution in [3.63, 3.8) is 0 Å². The Balaban J connectivity index is 1.47. The van der Waals surface area contributed by atoms with Crippen molar-refractivity contribution >= 4 is 12.0 Å². The molecule has 1 saturated carbocycles. The number of carbonyl (C=O) groups excluding carboxylic acids is 2. The lowest BCUT2D eigenvalue weighted by Gasteiger charge is -2.32. The molecule has 0 spiro atoms. The first-order valence-corrected chi connectivity index (χ1v) is 9.43. The molecule has 1 aromatic carbocycles. The number of piperidine rings is 1. The molecular weight excluding hydrogens is 316 g/mol. The van der Waals surface area contributed by atoms with Gasteiger partial charge >= 0.3 is 6.09 Å². The van der Waals surface area contributed by atoms with E-state index in [1.165, 1.54) is 18.4 Å². The van der Waals surface area contributed by atoms with Gasteiger partial charge in [-0.25, -0.2) is 4.79 Å². The van der Waals surface area contributed by atoms with Crippen LogP contribution in [-0.4, -0.2) is 42.6 Å². The van der Waals surface area contributed by atoms with E-state index in [-0.39, 0.29) is 18.0 Å². The van der Waals surface area contributed by atoms with Gasteiger partial charge in [-0.1, -0.05) is 30.3 Å². The third-order valence-corrected chi connectivity index (χ3v) is 5.21. The Morgan fingerprint density at radius 1 is 1.16 bits per heavy atom. The van der Waals surface area contributed by atoms with Crippen LogP contribution in [-0.2, 0) is 9.53 Å². The van der Waals surface area contributed by atoms with E-state index in [0.717, 1.165) is 12.8 Å². The number of benzene rings is 1. The lowest BCUT2D eigenvalue weighted by Crippen LogP contribution is -2.46. The van der Waals surface area contributed by atoms with Gasteiger partial charge in [-0.05, 0) is 50.0 Å². The predicted octanol–water partition coefficient (Wildman–Crippen LogP) is 3.31. The predicted molar refractivity (Wildman–Crippen MR) is 96.3 cm³/mol. The number of likely N-dealkylation sites (tertiary alicyclic amines) is 1. The smallest absolute Gasteiger partial charge is 0.409 e. The fraction of sp³-hybridized carbons (Fsp3) is 0.600. The molecule has 136 valence electrons. The SMILES string of the molecule is CCOC(=O)N1CCC(NC(=O)CC(c2ccccc2)C2CC2)CC1. The molecule has 0 radical (unpaired) electrons. The number of rotatable bonds is 6. The average Bonchev–Trinajstić information content (AvgIpc) is 3.46. The summed E-state index contributed by atoms with van der Waals surface area (Å²) in [5.74, 6) is 1.12. The zero-order valence-corrected chi connectivity index (χ0v) is 14.9. The molecule has 1 heterocycles. The first-order valence-electron chi connectivity index (χ1n) is 9.43. The number of ether oxygens (including phenoxy) is 1. The fourth-order valence-electron chi connectivity index (χ4n) is 3.66. The molecule has 1 aliphatic carbocycles. The second-order valence-corrected chi connectivity index (χ2v) is 7.09. The Kier molecular flexibility index (Phi) is 5.95. The first-order chi connectivity index (χ1) is 12.2. The largest absolute Gasteiger partial charge is 0.450 e. The van der Waals surface area contributed by atoms with Crippen LogP contribution < -0.4 is 5.32 Å². The van der Waals surface area contributed by atoms with E-state index in [9.17, 15) is 9.59 Å². The lowest BCUT2D eigenvalue weighted by atomic mass is 9.90. The second-order valence-electron chi connectivity index (χ2n) is 7.09. The minimum Gasteiger partial charge on any atom is -0.450 e. The third kappa shape index (κ3) is 4.97. The molecule has 2 aliphatic rings. The van der Waals surface area contributed by atoms with Crippen LogP contribution >= 0.6 is 0 Å². The maximum Gasteiger partial charge on any atom is 0.409 e. The van der Waals surface area contributed by atoms with Gasteiger partial charge in [-0.3, -0.25) is 4.79 Å². The van der Waals surface area contributed by atoms with Crippen LogP contribution in [0.4, 0.5) is 4.79 Å². The van der Waals surface area contributed by atoms with Crippen LogP contribution in [0.2, 0.25) is 0 Å². The number of hydrogen-bond donors (Lipinski definition) is 1. The van der Waals surface area contributed by atoms with Crippen LogP contribution in [0.1, 0.15) is 50.5 Å². The van der Waals surface area contributed by atoms with E-state index >= 15 is 0 Å². The number of carbonyl (C=O) groups is 2. The van der Waals surface area contributed by atoms with E-state index in [4.69, 9.17) is 4.74 Å². The van der Waals surface area contributed by atoms with E-state index < -0.39 is 0 Å². The Hall–Kier alpha value is -2.04. The molecule has 2 amide bonds. The molecule has 1 saturated heterocycles. The summed E-state index contributed by atoms with van der Waals surface area (Å²) in [4.78, 5) is 26.0. The van der Waals surface area contributed by atoms with Gasteiger partial charge in [-0.15, -0.1) is 0 Å². The molecule has 1 atom stereocenters. The lowest BCUT2D eigenvalue weighted by molar-refractivity contribution is -0.122. The van der Waals surface area contributed by atoms with Gasteiger partial charge in [-0.2, -0.15) is 0 Å². The van der Waals surface area contributed by atoms with E-state index in [1.807, 2.05) is 25.1 Å². The van der Waals surface area contributed by atoms with Crippen LogP contribution in [0.15, 0.2) is 30.3 Å². The van der Waals surface area contributed by atoms with E-state index in [2.05, 4.69) is 17.4 Å². The van der Waals surface area contributed by atoms with Crippen LogP contribution in [0.25, 0.3) is 0 Å². The van der Waals surface area contributed by atoms with Crippen molar-refractivity contribution in [2.45, 2.75) is 51.0 Å². The van der Waals surface area contributed by atoms with E-state index in [0.29, 0.717) is 38.0 Å². The highest BCUT2D eigenvalue weighted by Crippen LogP contribution is 2.44. The second kappa shape index (κ2) is 8.37. The minimum absolute atomic E-state index is 0.135. The van der Waals surface area contributed by atoms with Crippen molar-refractivity contribution in [3.8, 4) is 0 Å². The fourth-order valence-corrected chi connectivity index (χ4v) is 3.66. The van der Waals surface area contributed by atoms with Crippen molar-refractivity contribution in [3.05, 3.63) is 35.9 Å². The highest BCUT2D eigenvalue weighted by Gasteiger charge is 2.34. The Morgan fingerprint density at radius 2 is 1.84 bits per heavy atom. The maximum atomic E-state index is 12.5. The van der Waals surface area contributed by atoms with Crippen molar-refractivity contribution in [2.75, 3.05) is 19.7 Å². The molecule has 2 fully saturated rings. The topological polar surface area (TPSA) is 58.6 Å². The number of hydrogen-bond acceptors (Lipinski definition) is 3. The van der Waals surface area contributed by atoms with Crippen LogP contribution in [0, 0.1) is 5.92 Å². The molecule has 3 rings (SSSR count). The molecule has 25 heavy (non-hydrogen) atoms. The van der Waals surface area contributed by atoms with Crippen LogP contribution in [0.5, 0.6) is 0 Å². The molecule has 5 heteroatoms. The molecule has 1 unspecified atom stereocenters. The maximum absolute atomic E-state index is 12.5. The standard InChI is InChI=1S/C20H28N2O3/c1-2-25-20(24)22-12-10-17(11-13-22)21-19(23)14-18(16-8-9-16)15-6-4-3-5-7-15/h3-7,16-18H,2,8-14H2,1H3,(H,21,23). The molecule has 1 aliphatic heterocycles. The summed E-state index contributed by atoms with van der Waals surface area (Å²) in [6.07, 6.45) is 4.36. The molecule has 1 aromatic rings. The zero-order chi connectivity index (χ0) is 17.6. The van der Waals surface area contributed by atoms with Crippen LogP contribution in [0.3, 0.4) is 0 Å². The molecule has 0 bridgehead atoms. The average molecular weight is 344 g/mol. The molecular formula is C20H28N2O3. The highest BCUT2D eigenvalue weighted by molar-refractivity contribution is 5.77. The Morgan fingerprint density at radius 3 is 2.44 bits per heavy atom. The van der Waals surface area contributed by atoms with Crippen molar-refractivity contribution < 1.29 is 14.3 Å². The van der Waals surface area contributed by atoms with Gasteiger partial charge < -0.3 is 15.0 Å². The summed E-state index contributed by atoms with van der Waals surface area (Å²) in [5.41, 5.74) is 1.28. The van der Waals surface area contributed by atoms with Crippen molar-refractivity contribution in [1.82, 2.24) is 10.2 Å². The number of nitrogens with zero attached hydrogens (tertiary/aromatic N) is 1. The van der Waals surface area contributed by atoms with E-state index in [1.54, 1.807) is 4.90 Å². The Labute approximate surface area is 149 Å². The van der Waals surface area contributed by atoms with Crippen molar-refractivity contribution in [1.29, 1.82) is 0 Å². The quantitative estimate of drug-likeness (QED) is 0.861. The van der Waals surface area contributed by atoms with Gasteiger partial charge in [0.2, 0.25) is 5.91 Å².